The Balaban J connectivity index is 1.86. The molecule has 0 saturated carbocycles. The van der Waals surface area contributed by atoms with Gasteiger partial charge in [-0.15, -0.1) is 0 Å². The summed E-state index contributed by atoms with van der Waals surface area (Å²) in [6, 6.07) is 0. The molecule has 2 aliphatic rings. The Bertz CT molecular complexity index is 216. The summed E-state index contributed by atoms with van der Waals surface area (Å²) in [5.74, 6) is 0. The molecule has 16 heavy (non-hydrogen) atoms. The Kier molecular flexibility index (Phi) is 4.22. The van der Waals surface area contributed by atoms with Crippen molar-refractivity contribution in [3.05, 3.63) is 0 Å². The normalized spacial score (nSPS) is 39.4. The van der Waals surface area contributed by atoms with Crippen LogP contribution in [-0.4, -0.2) is 39.0 Å². The monoisotopic (exact) mass is 227 g/mol. The highest BCUT2D eigenvalue weighted by Gasteiger charge is 2.41. The fourth-order valence-corrected chi connectivity index (χ4v) is 3.14. The maximum atomic E-state index is 5.76. The van der Waals surface area contributed by atoms with Gasteiger partial charge < -0.3 is 14.8 Å². The minimum Gasteiger partial charge on any atom is -0.378 e. The first-order valence-electron chi connectivity index (χ1n) is 6.65. The Morgan fingerprint density at radius 3 is 2.75 bits per heavy atom. The molecule has 0 radical (unpaired) electrons. The Hall–Kier alpha value is -0.120. The third-order valence-electron chi connectivity index (χ3n) is 4.35. The van der Waals surface area contributed by atoms with E-state index in [0.29, 0.717) is 17.6 Å². The van der Waals surface area contributed by atoms with Crippen LogP contribution in [0.4, 0.5) is 0 Å². The first-order chi connectivity index (χ1) is 7.77. The number of rotatable bonds is 5. The highest BCUT2D eigenvalue weighted by Crippen LogP contribution is 2.39. The zero-order valence-corrected chi connectivity index (χ0v) is 10.6. The summed E-state index contributed by atoms with van der Waals surface area (Å²) in [4.78, 5) is 0. The number of hydrogen-bond acceptors (Lipinski definition) is 3. The Morgan fingerprint density at radius 2 is 2.19 bits per heavy atom. The van der Waals surface area contributed by atoms with Crippen LogP contribution >= 0.6 is 0 Å². The average molecular weight is 227 g/mol. The molecular formula is C13H25NO2. The largest absolute Gasteiger partial charge is 0.378 e. The van der Waals surface area contributed by atoms with Crippen LogP contribution in [0.25, 0.3) is 0 Å². The molecule has 2 fully saturated rings. The van der Waals surface area contributed by atoms with E-state index in [1.807, 2.05) is 7.05 Å². The molecule has 3 unspecified atom stereocenters. The maximum absolute atomic E-state index is 5.76. The van der Waals surface area contributed by atoms with Crippen LogP contribution in [-0.2, 0) is 9.47 Å². The molecule has 0 aliphatic carbocycles. The van der Waals surface area contributed by atoms with Gasteiger partial charge in [0.1, 0.15) is 0 Å². The van der Waals surface area contributed by atoms with Crippen molar-refractivity contribution in [1.82, 2.24) is 5.32 Å². The van der Waals surface area contributed by atoms with Gasteiger partial charge in [-0.05, 0) is 46.1 Å². The van der Waals surface area contributed by atoms with Crippen molar-refractivity contribution in [2.24, 2.45) is 5.41 Å². The first-order valence-corrected chi connectivity index (χ1v) is 6.65. The molecule has 0 amide bonds. The highest BCUT2D eigenvalue weighted by molar-refractivity contribution is 4.91. The molecule has 2 rings (SSSR count). The summed E-state index contributed by atoms with van der Waals surface area (Å²) in [5, 5.41) is 3.34. The molecule has 0 aromatic heterocycles. The molecule has 1 N–H and O–H groups in total. The summed E-state index contributed by atoms with van der Waals surface area (Å²) in [6.45, 7) is 5.19. The molecule has 0 bridgehead atoms. The summed E-state index contributed by atoms with van der Waals surface area (Å²) >= 11 is 0. The van der Waals surface area contributed by atoms with Crippen molar-refractivity contribution in [1.29, 1.82) is 0 Å². The van der Waals surface area contributed by atoms with Crippen molar-refractivity contribution < 1.29 is 9.47 Å². The Morgan fingerprint density at radius 1 is 1.31 bits per heavy atom. The van der Waals surface area contributed by atoms with E-state index < -0.39 is 0 Å². The van der Waals surface area contributed by atoms with Crippen LogP contribution in [0.2, 0.25) is 0 Å². The quantitative estimate of drug-likeness (QED) is 0.779. The SMILES string of the molecule is CNCC1(CCC2CCCO2)CCOC1C. The standard InChI is InChI=1S/C13H25NO2/c1-11-13(10-14-2,7-9-15-11)6-5-12-4-3-8-16-12/h11-12,14H,3-10H2,1-2H3. The molecule has 94 valence electrons. The van der Waals surface area contributed by atoms with E-state index in [9.17, 15) is 0 Å². The van der Waals surface area contributed by atoms with Crippen LogP contribution in [0.5, 0.6) is 0 Å². The van der Waals surface area contributed by atoms with Crippen LogP contribution in [0.1, 0.15) is 39.0 Å². The fourth-order valence-electron chi connectivity index (χ4n) is 3.14. The van der Waals surface area contributed by atoms with Gasteiger partial charge in [0.05, 0.1) is 12.2 Å². The zero-order chi connectivity index (χ0) is 11.4. The lowest BCUT2D eigenvalue weighted by molar-refractivity contribution is 0.0418. The van der Waals surface area contributed by atoms with Crippen molar-refractivity contribution >= 4 is 0 Å². The molecule has 2 heterocycles. The summed E-state index contributed by atoms with van der Waals surface area (Å²) in [7, 11) is 2.04. The second-order valence-corrected chi connectivity index (χ2v) is 5.33. The van der Waals surface area contributed by atoms with Gasteiger partial charge >= 0.3 is 0 Å². The molecule has 0 aromatic carbocycles. The zero-order valence-electron chi connectivity index (χ0n) is 10.6. The van der Waals surface area contributed by atoms with Gasteiger partial charge in [-0.2, -0.15) is 0 Å². The van der Waals surface area contributed by atoms with Gasteiger partial charge in [-0.3, -0.25) is 0 Å². The second-order valence-electron chi connectivity index (χ2n) is 5.33. The molecule has 0 aromatic rings. The third-order valence-corrected chi connectivity index (χ3v) is 4.35. The number of nitrogens with one attached hydrogen (secondary N) is 1. The predicted octanol–water partition coefficient (Wildman–Crippen LogP) is 1.96. The van der Waals surface area contributed by atoms with E-state index in [0.717, 1.165) is 19.8 Å². The summed E-state index contributed by atoms with van der Waals surface area (Å²) in [5.41, 5.74) is 0.348. The van der Waals surface area contributed by atoms with E-state index in [1.54, 1.807) is 0 Å². The van der Waals surface area contributed by atoms with Crippen LogP contribution in [0.3, 0.4) is 0 Å². The Labute approximate surface area is 98.9 Å². The molecule has 2 saturated heterocycles. The minimum absolute atomic E-state index is 0.348. The average Bonchev–Trinajstić information content (AvgIpc) is 2.88. The first kappa shape index (κ1) is 12.3. The van der Waals surface area contributed by atoms with Gasteiger partial charge in [0.2, 0.25) is 0 Å². The van der Waals surface area contributed by atoms with Gasteiger partial charge in [0.15, 0.2) is 0 Å². The van der Waals surface area contributed by atoms with E-state index in [1.165, 1.54) is 32.1 Å². The predicted molar refractivity (Wildman–Crippen MR) is 64.6 cm³/mol. The smallest absolute Gasteiger partial charge is 0.0616 e. The van der Waals surface area contributed by atoms with Gasteiger partial charge in [-0.25, -0.2) is 0 Å². The molecule has 3 heteroatoms. The van der Waals surface area contributed by atoms with E-state index >= 15 is 0 Å². The lowest BCUT2D eigenvalue weighted by atomic mass is 9.76. The lowest BCUT2D eigenvalue weighted by Crippen LogP contribution is -2.38. The minimum atomic E-state index is 0.348. The fraction of sp³-hybridized carbons (Fsp3) is 1.00. The summed E-state index contributed by atoms with van der Waals surface area (Å²) in [6.07, 6.45) is 7.04. The topological polar surface area (TPSA) is 30.5 Å². The second kappa shape index (κ2) is 5.48. The molecule has 0 spiro atoms. The summed E-state index contributed by atoms with van der Waals surface area (Å²) < 4.78 is 11.5. The van der Waals surface area contributed by atoms with Crippen LogP contribution in [0.15, 0.2) is 0 Å². The highest BCUT2D eigenvalue weighted by atomic mass is 16.5. The van der Waals surface area contributed by atoms with Crippen molar-refractivity contribution in [2.75, 3.05) is 26.8 Å². The molecule has 2 aliphatic heterocycles. The van der Waals surface area contributed by atoms with Gasteiger partial charge in [0, 0.05) is 25.2 Å². The number of hydrogen-bond donors (Lipinski definition) is 1. The molecular weight excluding hydrogens is 202 g/mol. The molecule has 3 atom stereocenters. The van der Waals surface area contributed by atoms with E-state index in [4.69, 9.17) is 9.47 Å². The van der Waals surface area contributed by atoms with E-state index in [2.05, 4.69) is 12.2 Å². The lowest BCUT2D eigenvalue weighted by Gasteiger charge is -2.33. The van der Waals surface area contributed by atoms with Crippen LogP contribution < -0.4 is 5.32 Å². The van der Waals surface area contributed by atoms with Gasteiger partial charge in [0.25, 0.3) is 0 Å². The molecule has 3 nitrogen and oxygen atoms in total. The number of ether oxygens (including phenoxy) is 2. The van der Waals surface area contributed by atoms with Crippen LogP contribution in [0, 0.1) is 5.41 Å². The van der Waals surface area contributed by atoms with E-state index in [-0.39, 0.29) is 0 Å². The third kappa shape index (κ3) is 2.58. The van der Waals surface area contributed by atoms with Gasteiger partial charge in [-0.1, -0.05) is 0 Å². The maximum Gasteiger partial charge on any atom is 0.0616 e. The van der Waals surface area contributed by atoms with Crippen molar-refractivity contribution in [3.8, 4) is 0 Å². The van der Waals surface area contributed by atoms with Crippen molar-refractivity contribution in [2.45, 2.75) is 51.2 Å². The van der Waals surface area contributed by atoms with Crippen molar-refractivity contribution in [3.63, 3.8) is 0 Å².